The van der Waals surface area contributed by atoms with Crippen LogP contribution in [0.1, 0.15) is 40.5 Å². The summed E-state index contributed by atoms with van der Waals surface area (Å²) in [6, 6.07) is 4.06. The molecule has 4 nitrogen and oxygen atoms in total. The van der Waals surface area contributed by atoms with Gasteiger partial charge in [0.05, 0.1) is 25.0 Å². The SMILES string of the molecule is CC(C)=CC(C(=O)N(CCC#N)CCC#N)=C(C)C. The van der Waals surface area contributed by atoms with Gasteiger partial charge in [0.15, 0.2) is 0 Å². The Morgan fingerprint density at radius 3 is 1.84 bits per heavy atom. The predicted octanol–water partition coefficient (Wildman–Crippen LogP) is 2.94. The van der Waals surface area contributed by atoms with Crippen molar-refractivity contribution in [3.63, 3.8) is 0 Å². The van der Waals surface area contributed by atoms with Gasteiger partial charge in [0, 0.05) is 18.7 Å². The Kier molecular flexibility index (Phi) is 7.97. The third-order valence-electron chi connectivity index (χ3n) is 2.48. The molecule has 0 atom stereocenters. The van der Waals surface area contributed by atoms with Crippen molar-refractivity contribution in [2.45, 2.75) is 40.5 Å². The first-order valence-corrected chi connectivity index (χ1v) is 6.29. The van der Waals surface area contributed by atoms with E-state index in [1.54, 1.807) is 4.90 Å². The summed E-state index contributed by atoms with van der Waals surface area (Å²) < 4.78 is 0. The van der Waals surface area contributed by atoms with Crippen LogP contribution in [-0.4, -0.2) is 23.9 Å². The molecule has 0 aliphatic rings. The second kappa shape index (κ2) is 8.94. The number of nitrogens with zero attached hydrogens (tertiary/aromatic N) is 3. The zero-order valence-electron chi connectivity index (χ0n) is 12.2. The summed E-state index contributed by atoms with van der Waals surface area (Å²) in [5.41, 5.74) is 2.63. The summed E-state index contributed by atoms with van der Waals surface area (Å²) in [6.45, 7) is 8.38. The average Bonchev–Trinajstić information content (AvgIpc) is 2.35. The highest BCUT2D eigenvalue weighted by atomic mass is 16.2. The van der Waals surface area contributed by atoms with Gasteiger partial charge in [-0.2, -0.15) is 10.5 Å². The number of rotatable bonds is 6. The van der Waals surface area contributed by atoms with Gasteiger partial charge >= 0.3 is 0 Å². The minimum Gasteiger partial charge on any atom is -0.337 e. The van der Waals surface area contributed by atoms with Crippen LogP contribution in [0.5, 0.6) is 0 Å². The third-order valence-corrected chi connectivity index (χ3v) is 2.48. The van der Waals surface area contributed by atoms with Crippen LogP contribution in [0.15, 0.2) is 22.8 Å². The van der Waals surface area contributed by atoms with Crippen LogP contribution in [0.3, 0.4) is 0 Å². The van der Waals surface area contributed by atoms with Crippen LogP contribution in [0.25, 0.3) is 0 Å². The fourth-order valence-electron chi connectivity index (χ4n) is 1.56. The van der Waals surface area contributed by atoms with Crippen molar-refractivity contribution in [3.8, 4) is 12.1 Å². The maximum atomic E-state index is 12.4. The first-order valence-electron chi connectivity index (χ1n) is 6.29. The minimum atomic E-state index is -0.105. The Morgan fingerprint density at radius 1 is 1.05 bits per heavy atom. The molecule has 0 saturated heterocycles. The van der Waals surface area contributed by atoms with E-state index in [4.69, 9.17) is 10.5 Å². The minimum absolute atomic E-state index is 0.105. The van der Waals surface area contributed by atoms with E-state index < -0.39 is 0 Å². The molecule has 0 aromatic heterocycles. The molecule has 0 saturated carbocycles. The second-order valence-electron chi connectivity index (χ2n) is 4.74. The Morgan fingerprint density at radius 2 is 1.53 bits per heavy atom. The van der Waals surface area contributed by atoms with Gasteiger partial charge in [-0.25, -0.2) is 0 Å². The molecular weight excluding hydrogens is 238 g/mol. The van der Waals surface area contributed by atoms with E-state index in [9.17, 15) is 4.79 Å². The standard InChI is InChI=1S/C15H21N3O/c1-12(2)11-14(13(3)4)15(19)18(9-5-7-16)10-6-8-17/h11H,5-6,9-10H2,1-4H3. The van der Waals surface area contributed by atoms with Crippen molar-refractivity contribution in [3.05, 3.63) is 22.8 Å². The van der Waals surface area contributed by atoms with Gasteiger partial charge < -0.3 is 4.90 Å². The normalized spacial score (nSPS) is 8.95. The van der Waals surface area contributed by atoms with Crippen molar-refractivity contribution in [1.82, 2.24) is 4.90 Å². The molecule has 0 aromatic rings. The van der Waals surface area contributed by atoms with E-state index in [2.05, 4.69) is 0 Å². The molecule has 0 rings (SSSR count). The maximum absolute atomic E-state index is 12.4. The van der Waals surface area contributed by atoms with Gasteiger partial charge in [-0.05, 0) is 27.7 Å². The fraction of sp³-hybridized carbons (Fsp3) is 0.533. The number of hydrogen-bond acceptors (Lipinski definition) is 3. The largest absolute Gasteiger partial charge is 0.337 e. The Hall–Kier alpha value is -2.07. The molecular formula is C15H21N3O. The summed E-state index contributed by atoms with van der Waals surface area (Å²) in [6.07, 6.45) is 2.41. The monoisotopic (exact) mass is 259 g/mol. The van der Waals surface area contributed by atoms with Crippen molar-refractivity contribution < 1.29 is 4.79 Å². The smallest absolute Gasteiger partial charge is 0.253 e. The summed E-state index contributed by atoms with van der Waals surface area (Å²) in [5, 5.41) is 17.3. The van der Waals surface area contributed by atoms with Gasteiger partial charge in [0.25, 0.3) is 5.91 Å². The number of nitriles is 2. The van der Waals surface area contributed by atoms with Gasteiger partial charge in [-0.1, -0.05) is 17.2 Å². The first-order chi connectivity index (χ1) is 8.93. The van der Waals surface area contributed by atoms with Crippen molar-refractivity contribution in [2.75, 3.05) is 13.1 Å². The summed E-state index contributed by atoms with van der Waals surface area (Å²) in [4.78, 5) is 14.0. The number of carbonyl (C=O) groups is 1. The molecule has 0 fully saturated rings. The highest BCUT2D eigenvalue weighted by molar-refractivity contribution is 5.97. The van der Waals surface area contributed by atoms with E-state index in [0.29, 0.717) is 18.7 Å². The maximum Gasteiger partial charge on any atom is 0.253 e. The second-order valence-corrected chi connectivity index (χ2v) is 4.74. The molecule has 0 aliphatic heterocycles. The topological polar surface area (TPSA) is 67.9 Å². The number of amides is 1. The summed E-state index contributed by atoms with van der Waals surface area (Å²) >= 11 is 0. The van der Waals surface area contributed by atoms with E-state index in [1.807, 2.05) is 45.9 Å². The van der Waals surface area contributed by atoms with Gasteiger partial charge in [0.1, 0.15) is 0 Å². The van der Waals surface area contributed by atoms with E-state index in [0.717, 1.165) is 11.1 Å². The van der Waals surface area contributed by atoms with Crippen molar-refractivity contribution in [1.29, 1.82) is 10.5 Å². The van der Waals surface area contributed by atoms with Gasteiger partial charge in [-0.3, -0.25) is 4.79 Å². The molecule has 102 valence electrons. The quantitative estimate of drug-likeness (QED) is 0.544. The molecule has 0 unspecified atom stereocenters. The van der Waals surface area contributed by atoms with Gasteiger partial charge in [-0.15, -0.1) is 0 Å². The Balaban J connectivity index is 5.15. The Bertz CT molecular complexity index is 435. The predicted molar refractivity (Wildman–Crippen MR) is 74.8 cm³/mol. The van der Waals surface area contributed by atoms with Crippen LogP contribution in [-0.2, 0) is 4.79 Å². The average molecular weight is 259 g/mol. The zero-order chi connectivity index (χ0) is 14.8. The van der Waals surface area contributed by atoms with Crippen LogP contribution < -0.4 is 0 Å². The molecule has 0 spiro atoms. The molecule has 19 heavy (non-hydrogen) atoms. The first kappa shape index (κ1) is 16.9. The molecule has 4 heteroatoms. The molecule has 0 radical (unpaired) electrons. The van der Waals surface area contributed by atoms with E-state index in [-0.39, 0.29) is 18.7 Å². The number of hydrogen-bond donors (Lipinski definition) is 0. The highest BCUT2D eigenvalue weighted by Crippen LogP contribution is 2.13. The van der Waals surface area contributed by atoms with E-state index >= 15 is 0 Å². The van der Waals surface area contributed by atoms with Gasteiger partial charge in [0.2, 0.25) is 0 Å². The molecule has 0 aromatic carbocycles. The van der Waals surface area contributed by atoms with Crippen LogP contribution in [0.2, 0.25) is 0 Å². The van der Waals surface area contributed by atoms with Crippen LogP contribution in [0.4, 0.5) is 0 Å². The third kappa shape index (κ3) is 6.43. The van der Waals surface area contributed by atoms with Crippen molar-refractivity contribution in [2.24, 2.45) is 0 Å². The Labute approximate surface area is 115 Å². The lowest BCUT2D eigenvalue weighted by Gasteiger charge is -2.22. The fourth-order valence-corrected chi connectivity index (χ4v) is 1.56. The molecule has 0 heterocycles. The molecule has 0 bridgehead atoms. The lowest BCUT2D eigenvalue weighted by molar-refractivity contribution is -0.126. The summed E-state index contributed by atoms with van der Waals surface area (Å²) in [7, 11) is 0. The van der Waals surface area contributed by atoms with Crippen LogP contribution >= 0.6 is 0 Å². The summed E-state index contributed by atoms with van der Waals surface area (Å²) in [5.74, 6) is -0.105. The van der Waals surface area contributed by atoms with Crippen LogP contribution in [0, 0.1) is 22.7 Å². The number of allylic oxidation sites excluding steroid dienone is 2. The zero-order valence-corrected chi connectivity index (χ0v) is 12.2. The highest BCUT2D eigenvalue weighted by Gasteiger charge is 2.17. The lowest BCUT2D eigenvalue weighted by atomic mass is 10.1. The lowest BCUT2D eigenvalue weighted by Crippen LogP contribution is -2.34. The van der Waals surface area contributed by atoms with E-state index in [1.165, 1.54) is 0 Å². The number of carbonyl (C=O) groups excluding carboxylic acids is 1. The molecule has 1 amide bonds. The molecule has 0 aliphatic carbocycles. The van der Waals surface area contributed by atoms with Crippen molar-refractivity contribution >= 4 is 5.91 Å². The molecule has 0 N–H and O–H groups in total.